The zero-order valence-electron chi connectivity index (χ0n) is 11.5. The Morgan fingerprint density at radius 3 is 2.45 bits per heavy atom. The van der Waals surface area contributed by atoms with Crippen molar-refractivity contribution in [1.29, 1.82) is 0 Å². The van der Waals surface area contributed by atoms with Crippen molar-refractivity contribution in [2.75, 3.05) is 17.3 Å². The van der Waals surface area contributed by atoms with Gasteiger partial charge in [-0.25, -0.2) is 8.42 Å². The maximum absolute atomic E-state index is 12.1. The third-order valence-electron chi connectivity index (χ3n) is 2.82. The number of sulfone groups is 1. The summed E-state index contributed by atoms with van der Waals surface area (Å²) in [6.07, 6.45) is 1.13. The van der Waals surface area contributed by atoms with Crippen LogP contribution in [0.5, 0.6) is 0 Å². The van der Waals surface area contributed by atoms with Gasteiger partial charge in [0.05, 0.1) is 10.6 Å². The highest BCUT2D eigenvalue weighted by Crippen LogP contribution is 2.15. The summed E-state index contributed by atoms with van der Waals surface area (Å²) in [5, 5.41) is 8.60. The molecule has 0 radical (unpaired) electrons. The van der Waals surface area contributed by atoms with Crippen molar-refractivity contribution < 1.29 is 18.3 Å². The maximum atomic E-state index is 12.1. The van der Waals surface area contributed by atoms with Gasteiger partial charge in [0, 0.05) is 6.42 Å². The molecule has 0 heterocycles. The summed E-state index contributed by atoms with van der Waals surface area (Å²) < 4.78 is 24.1. The van der Waals surface area contributed by atoms with E-state index in [4.69, 9.17) is 5.11 Å². The highest BCUT2D eigenvalue weighted by atomic mass is 32.2. The van der Waals surface area contributed by atoms with Crippen LogP contribution in [0.25, 0.3) is 0 Å². The number of rotatable bonds is 9. The fourth-order valence-corrected chi connectivity index (χ4v) is 3.86. The van der Waals surface area contributed by atoms with E-state index in [-0.39, 0.29) is 12.2 Å². The molecule has 1 aromatic rings. The van der Waals surface area contributed by atoms with Crippen molar-refractivity contribution in [3.63, 3.8) is 0 Å². The Bertz CT molecular complexity index is 521. The first-order chi connectivity index (χ1) is 9.45. The topological polar surface area (TPSA) is 71.4 Å². The summed E-state index contributed by atoms with van der Waals surface area (Å²) in [6, 6.07) is 6.52. The van der Waals surface area contributed by atoms with Gasteiger partial charge in [-0.3, -0.25) is 4.79 Å². The molecular weight excluding hydrogens is 296 g/mol. The molecule has 112 valence electrons. The predicted molar refractivity (Wildman–Crippen MR) is 82.1 cm³/mol. The number of aliphatic carboxylic acids is 1. The third kappa shape index (κ3) is 5.96. The van der Waals surface area contributed by atoms with E-state index in [1.807, 2.05) is 0 Å². The van der Waals surface area contributed by atoms with E-state index in [1.54, 1.807) is 36.0 Å². The molecule has 4 nitrogen and oxygen atoms in total. The van der Waals surface area contributed by atoms with E-state index in [1.165, 1.54) is 0 Å². The molecule has 0 amide bonds. The molecule has 1 aromatic carbocycles. The molecule has 1 rings (SSSR count). The first-order valence-corrected chi connectivity index (χ1v) is 9.37. The van der Waals surface area contributed by atoms with Crippen LogP contribution in [0.2, 0.25) is 0 Å². The van der Waals surface area contributed by atoms with Crippen LogP contribution in [-0.2, 0) is 21.1 Å². The van der Waals surface area contributed by atoms with Crippen molar-refractivity contribution >= 4 is 27.6 Å². The van der Waals surface area contributed by atoms with Crippen molar-refractivity contribution in [2.45, 2.75) is 31.1 Å². The van der Waals surface area contributed by atoms with Crippen molar-refractivity contribution in [3.8, 4) is 0 Å². The zero-order chi connectivity index (χ0) is 15.0. The molecule has 0 aromatic heterocycles. The lowest BCUT2D eigenvalue weighted by atomic mass is 10.1. The first-order valence-electron chi connectivity index (χ1n) is 6.57. The number of thioether (sulfide) groups is 1. The van der Waals surface area contributed by atoms with Gasteiger partial charge in [0.15, 0.2) is 9.84 Å². The highest BCUT2D eigenvalue weighted by Gasteiger charge is 2.13. The number of hydrogen-bond donors (Lipinski definition) is 1. The maximum Gasteiger partial charge on any atom is 0.303 e. The zero-order valence-corrected chi connectivity index (χ0v) is 13.2. The standard InChI is InChI=1S/C14H20O4S2/c1-2-19-10-3-11-20(17,18)13-7-4-12(5-8-13)6-9-14(15)16/h4-5,7-8H,2-3,6,9-11H2,1H3,(H,15,16). The second-order valence-corrected chi connectivity index (χ2v) is 7.91. The van der Waals surface area contributed by atoms with Gasteiger partial charge in [0.2, 0.25) is 0 Å². The minimum absolute atomic E-state index is 0.0559. The molecule has 0 saturated heterocycles. The largest absolute Gasteiger partial charge is 0.481 e. The predicted octanol–water partition coefficient (Wildman–Crippen LogP) is 2.62. The Balaban J connectivity index is 2.60. The lowest BCUT2D eigenvalue weighted by Gasteiger charge is -2.05. The van der Waals surface area contributed by atoms with Gasteiger partial charge in [0.1, 0.15) is 0 Å². The molecule has 0 unspecified atom stereocenters. The van der Waals surface area contributed by atoms with E-state index in [2.05, 4.69) is 6.92 Å². The fraction of sp³-hybridized carbons (Fsp3) is 0.500. The normalized spacial score (nSPS) is 11.4. The van der Waals surface area contributed by atoms with Gasteiger partial charge < -0.3 is 5.11 Å². The van der Waals surface area contributed by atoms with Crippen LogP contribution < -0.4 is 0 Å². The second kappa shape index (κ2) is 8.32. The molecule has 1 N–H and O–H groups in total. The SMILES string of the molecule is CCSCCCS(=O)(=O)c1ccc(CCC(=O)O)cc1. The van der Waals surface area contributed by atoms with E-state index in [0.29, 0.717) is 17.7 Å². The third-order valence-corrected chi connectivity index (χ3v) is 5.62. The van der Waals surface area contributed by atoms with Crippen LogP contribution in [0.3, 0.4) is 0 Å². The molecule has 0 fully saturated rings. The molecule has 20 heavy (non-hydrogen) atoms. The number of aryl methyl sites for hydroxylation is 1. The molecule has 0 spiro atoms. The smallest absolute Gasteiger partial charge is 0.303 e. The number of carboxylic acid groups (broad SMARTS) is 1. The average Bonchev–Trinajstić information content (AvgIpc) is 2.42. The molecular formula is C14H20O4S2. The lowest BCUT2D eigenvalue weighted by molar-refractivity contribution is -0.136. The van der Waals surface area contributed by atoms with Gasteiger partial charge in [0.25, 0.3) is 0 Å². The monoisotopic (exact) mass is 316 g/mol. The number of hydrogen-bond acceptors (Lipinski definition) is 4. The lowest BCUT2D eigenvalue weighted by Crippen LogP contribution is -2.08. The van der Waals surface area contributed by atoms with Gasteiger partial charge >= 0.3 is 5.97 Å². The quantitative estimate of drug-likeness (QED) is 0.709. The van der Waals surface area contributed by atoms with Crippen LogP contribution in [0.15, 0.2) is 29.2 Å². The Morgan fingerprint density at radius 1 is 1.25 bits per heavy atom. The van der Waals surface area contributed by atoms with Gasteiger partial charge in [-0.15, -0.1) is 0 Å². The molecule has 0 saturated carbocycles. The van der Waals surface area contributed by atoms with Crippen molar-refractivity contribution in [3.05, 3.63) is 29.8 Å². The minimum Gasteiger partial charge on any atom is -0.481 e. The molecule has 0 atom stereocenters. The average molecular weight is 316 g/mol. The molecule has 0 bridgehead atoms. The Labute approximate surface area is 124 Å². The van der Waals surface area contributed by atoms with Crippen LogP contribution in [-0.4, -0.2) is 36.8 Å². The summed E-state index contributed by atoms with van der Waals surface area (Å²) in [5.74, 6) is 1.16. The molecule has 0 aliphatic carbocycles. The van der Waals surface area contributed by atoms with E-state index < -0.39 is 15.8 Å². The van der Waals surface area contributed by atoms with Gasteiger partial charge in [-0.2, -0.15) is 11.8 Å². The number of benzene rings is 1. The van der Waals surface area contributed by atoms with E-state index in [9.17, 15) is 13.2 Å². The molecule has 0 aliphatic heterocycles. The van der Waals surface area contributed by atoms with Gasteiger partial charge in [-0.1, -0.05) is 19.1 Å². The molecule has 0 aliphatic rings. The van der Waals surface area contributed by atoms with E-state index >= 15 is 0 Å². The number of carboxylic acids is 1. The number of carbonyl (C=O) groups is 1. The first kappa shape index (κ1) is 17.0. The van der Waals surface area contributed by atoms with E-state index in [0.717, 1.165) is 17.1 Å². The summed E-state index contributed by atoms with van der Waals surface area (Å²) in [4.78, 5) is 10.8. The molecule has 6 heteroatoms. The van der Waals surface area contributed by atoms with Crippen LogP contribution in [0.4, 0.5) is 0 Å². The van der Waals surface area contributed by atoms with Gasteiger partial charge in [-0.05, 0) is 42.0 Å². The summed E-state index contributed by atoms with van der Waals surface area (Å²) in [7, 11) is -3.22. The Morgan fingerprint density at radius 2 is 1.90 bits per heavy atom. The summed E-state index contributed by atoms with van der Waals surface area (Å²) >= 11 is 1.74. The second-order valence-electron chi connectivity index (χ2n) is 4.41. The van der Waals surface area contributed by atoms with Crippen LogP contribution >= 0.6 is 11.8 Å². The van der Waals surface area contributed by atoms with Crippen molar-refractivity contribution in [2.24, 2.45) is 0 Å². The summed E-state index contributed by atoms with van der Waals surface area (Å²) in [5.41, 5.74) is 0.841. The fourth-order valence-electron chi connectivity index (χ4n) is 1.73. The summed E-state index contributed by atoms with van der Waals surface area (Å²) in [6.45, 7) is 2.05. The highest BCUT2D eigenvalue weighted by molar-refractivity contribution is 7.99. The van der Waals surface area contributed by atoms with Crippen molar-refractivity contribution in [1.82, 2.24) is 0 Å². The minimum atomic E-state index is -3.22. The van der Waals surface area contributed by atoms with Crippen LogP contribution in [0, 0.1) is 0 Å². The Kier molecular flexibility index (Phi) is 7.09. The van der Waals surface area contributed by atoms with Crippen LogP contribution in [0.1, 0.15) is 25.3 Å². The Hall–Kier alpha value is -1.01.